The molecule has 1 aliphatic rings. The number of aryl methyl sites for hydroxylation is 1. The van der Waals surface area contributed by atoms with Gasteiger partial charge in [0.15, 0.2) is 5.82 Å². The molecule has 1 aromatic heterocycles. The number of hydrogen-bond donors (Lipinski definition) is 1. The largest absolute Gasteiger partial charge is 0.368 e. The molecule has 0 atom stereocenters. The second-order valence-corrected chi connectivity index (χ2v) is 6.59. The molecule has 138 valence electrons. The Morgan fingerprint density at radius 2 is 1.70 bits per heavy atom. The highest BCUT2D eigenvalue weighted by molar-refractivity contribution is 5.57. The van der Waals surface area contributed by atoms with Crippen molar-refractivity contribution in [1.82, 2.24) is 15.2 Å². The molecule has 0 radical (unpaired) electrons. The van der Waals surface area contributed by atoms with E-state index < -0.39 is 0 Å². The van der Waals surface area contributed by atoms with E-state index in [-0.39, 0.29) is 5.82 Å². The SMILES string of the molecule is Cc1cccc(Nc2cnnc(N3CCN(c4ccc(F)cc4)CC3)n2)c1. The lowest BCUT2D eigenvalue weighted by atomic mass is 10.2. The molecule has 0 bridgehead atoms. The van der Waals surface area contributed by atoms with Crippen LogP contribution in [0.25, 0.3) is 0 Å². The van der Waals surface area contributed by atoms with Crippen molar-refractivity contribution in [2.75, 3.05) is 41.3 Å². The highest BCUT2D eigenvalue weighted by Gasteiger charge is 2.20. The van der Waals surface area contributed by atoms with E-state index in [0.29, 0.717) is 11.8 Å². The van der Waals surface area contributed by atoms with Crippen LogP contribution in [0, 0.1) is 12.7 Å². The Kier molecular flexibility index (Phi) is 4.82. The Morgan fingerprint density at radius 3 is 2.44 bits per heavy atom. The van der Waals surface area contributed by atoms with Gasteiger partial charge in [0.1, 0.15) is 5.82 Å². The highest BCUT2D eigenvalue weighted by atomic mass is 19.1. The van der Waals surface area contributed by atoms with Crippen molar-refractivity contribution in [3.63, 3.8) is 0 Å². The summed E-state index contributed by atoms with van der Waals surface area (Å²) in [7, 11) is 0. The molecule has 1 saturated heterocycles. The van der Waals surface area contributed by atoms with Crippen molar-refractivity contribution in [2.45, 2.75) is 6.92 Å². The van der Waals surface area contributed by atoms with Gasteiger partial charge in [-0.15, -0.1) is 5.10 Å². The Bertz CT molecular complexity index is 906. The average molecular weight is 364 g/mol. The maximum absolute atomic E-state index is 13.1. The number of benzene rings is 2. The number of hydrogen-bond acceptors (Lipinski definition) is 6. The zero-order chi connectivity index (χ0) is 18.6. The van der Waals surface area contributed by atoms with Crippen LogP contribution in [0.15, 0.2) is 54.7 Å². The van der Waals surface area contributed by atoms with Crippen molar-refractivity contribution < 1.29 is 4.39 Å². The molecule has 1 fully saturated rings. The van der Waals surface area contributed by atoms with E-state index in [9.17, 15) is 4.39 Å². The van der Waals surface area contributed by atoms with Crippen molar-refractivity contribution in [2.24, 2.45) is 0 Å². The first-order chi connectivity index (χ1) is 13.2. The Balaban J connectivity index is 1.42. The molecule has 27 heavy (non-hydrogen) atoms. The molecular weight excluding hydrogens is 343 g/mol. The Labute approximate surface area is 157 Å². The van der Waals surface area contributed by atoms with Gasteiger partial charge in [-0.05, 0) is 48.9 Å². The summed E-state index contributed by atoms with van der Waals surface area (Å²) in [5.41, 5.74) is 3.19. The van der Waals surface area contributed by atoms with Crippen LogP contribution >= 0.6 is 0 Å². The van der Waals surface area contributed by atoms with E-state index in [1.165, 1.54) is 17.7 Å². The van der Waals surface area contributed by atoms with Gasteiger partial charge in [0, 0.05) is 37.6 Å². The number of piperazine rings is 1. The van der Waals surface area contributed by atoms with Crippen LogP contribution in [0.5, 0.6) is 0 Å². The molecule has 7 heteroatoms. The predicted molar refractivity (Wildman–Crippen MR) is 105 cm³/mol. The summed E-state index contributed by atoms with van der Waals surface area (Å²) in [5.74, 6) is 1.08. The predicted octanol–water partition coefficient (Wildman–Crippen LogP) is 3.39. The Hall–Kier alpha value is -3.22. The number of rotatable bonds is 4. The smallest absolute Gasteiger partial charge is 0.247 e. The minimum absolute atomic E-state index is 0.213. The second-order valence-electron chi connectivity index (χ2n) is 6.59. The standard InChI is InChI=1S/C20H21FN6/c1-15-3-2-4-17(13-15)23-19-14-22-25-20(24-19)27-11-9-26(10-12-27)18-7-5-16(21)6-8-18/h2-8,13-14H,9-12H2,1H3,(H,23,24,25). The van der Waals surface area contributed by atoms with Gasteiger partial charge in [0.05, 0.1) is 6.20 Å². The lowest BCUT2D eigenvalue weighted by Crippen LogP contribution is -2.47. The van der Waals surface area contributed by atoms with Gasteiger partial charge in [-0.1, -0.05) is 12.1 Å². The van der Waals surface area contributed by atoms with Crippen LogP contribution in [0.2, 0.25) is 0 Å². The van der Waals surface area contributed by atoms with E-state index >= 15 is 0 Å². The van der Waals surface area contributed by atoms with E-state index in [0.717, 1.165) is 37.6 Å². The van der Waals surface area contributed by atoms with Crippen molar-refractivity contribution >= 4 is 23.1 Å². The van der Waals surface area contributed by atoms with Crippen LogP contribution in [0.4, 0.5) is 27.5 Å². The summed E-state index contributed by atoms with van der Waals surface area (Å²) >= 11 is 0. The second kappa shape index (κ2) is 7.57. The Morgan fingerprint density at radius 1 is 0.963 bits per heavy atom. The molecule has 1 aliphatic heterocycles. The normalized spacial score (nSPS) is 14.3. The first kappa shape index (κ1) is 17.2. The lowest BCUT2D eigenvalue weighted by molar-refractivity contribution is 0.622. The van der Waals surface area contributed by atoms with Crippen LogP contribution in [-0.2, 0) is 0 Å². The summed E-state index contributed by atoms with van der Waals surface area (Å²) in [4.78, 5) is 8.96. The first-order valence-electron chi connectivity index (χ1n) is 8.96. The van der Waals surface area contributed by atoms with Crippen LogP contribution in [0.3, 0.4) is 0 Å². The molecule has 2 aromatic carbocycles. The molecule has 6 nitrogen and oxygen atoms in total. The molecule has 2 heterocycles. The fourth-order valence-corrected chi connectivity index (χ4v) is 3.18. The molecule has 0 amide bonds. The molecule has 1 N–H and O–H groups in total. The maximum Gasteiger partial charge on any atom is 0.247 e. The molecule has 0 unspecified atom stereocenters. The van der Waals surface area contributed by atoms with Crippen molar-refractivity contribution in [3.8, 4) is 0 Å². The average Bonchev–Trinajstić information content (AvgIpc) is 2.69. The molecular formula is C20H21FN6. The van der Waals surface area contributed by atoms with Gasteiger partial charge in [-0.2, -0.15) is 10.1 Å². The molecule has 4 rings (SSSR count). The summed E-state index contributed by atoms with van der Waals surface area (Å²) in [6.45, 7) is 5.27. The van der Waals surface area contributed by atoms with Crippen LogP contribution in [-0.4, -0.2) is 41.4 Å². The van der Waals surface area contributed by atoms with E-state index in [2.05, 4.69) is 49.4 Å². The van der Waals surface area contributed by atoms with E-state index in [1.807, 2.05) is 24.3 Å². The van der Waals surface area contributed by atoms with Gasteiger partial charge in [-0.3, -0.25) is 0 Å². The van der Waals surface area contributed by atoms with Gasteiger partial charge in [0.2, 0.25) is 5.95 Å². The van der Waals surface area contributed by atoms with E-state index in [1.54, 1.807) is 6.20 Å². The number of halogens is 1. The maximum atomic E-state index is 13.1. The molecule has 3 aromatic rings. The number of nitrogens with one attached hydrogen (secondary N) is 1. The fraction of sp³-hybridized carbons (Fsp3) is 0.250. The summed E-state index contributed by atoms with van der Waals surface area (Å²) in [5, 5.41) is 11.6. The van der Waals surface area contributed by atoms with Crippen molar-refractivity contribution in [3.05, 3.63) is 66.1 Å². The van der Waals surface area contributed by atoms with Gasteiger partial charge < -0.3 is 15.1 Å². The zero-order valence-corrected chi connectivity index (χ0v) is 15.1. The number of nitrogens with zero attached hydrogens (tertiary/aromatic N) is 5. The summed E-state index contributed by atoms with van der Waals surface area (Å²) in [6.07, 6.45) is 1.63. The van der Waals surface area contributed by atoms with Gasteiger partial charge >= 0.3 is 0 Å². The minimum atomic E-state index is -0.213. The van der Waals surface area contributed by atoms with E-state index in [4.69, 9.17) is 0 Å². The lowest BCUT2D eigenvalue weighted by Gasteiger charge is -2.35. The zero-order valence-electron chi connectivity index (χ0n) is 15.1. The van der Waals surface area contributed by atoms with Crippen LogP contribution in [0.1, 0.15) is 5.56 Å². The van der Waals surface area contributed by atoms with Crippen molar-refractivity contribution in [1.29, 1.82) is 0 Å². The molecule has 0 saturated carbocycles. The third-order valence-electron chi connectivity index (χ3n) is 4.59. The first-order valence-corrected chi connectivity index (χ1v) is 8.96. The molecule has 0 aliphatic carbocycles. The number of aromatic nitrogens is 3. The minimum Gasteiger partial charge on any atom is -0.368 e. The quantitative estimate of drug-likeness (QED) is 0.766. The summed E-state index contributed by atoms with van der Waals surface area (Å²) < 4.78 is 13.1. The van der Waals surface area contributed by atoms with Gasteiger partial charge in [0.25, 0.3) is 0 Å². The van der Waals surface area contributed by atoms with Gasteiger partial charge in [-0.25, -0.2) is 4.39 Å². The molecule has 0 spiro atoms. The number of anilines is 4. The van der Waals surface area contributed by atoms with Crippen LogP contribution < -0.4 is 15.1 Å². The summed E-state index contributed by atoms with van der Waals surface area (Å²) in [6, 6.07) is 14.7. The topological polar surface area (TPSA) is 57.2 Å². The monoisotopic (exact) mass is 364 g/mol. The fourth-order valence-electron chi connectivity index (χ4n) is 3.18. The highest BCUT2D eigenvalue weighted by Crippen LogP contribution is 2.20. The third-order valence-corrected chi connectivity index (χ3v) is 4.59. The third kappa shape index (κ3) is 4.13.